The van der Waals surface area contributed by atoms with Crippen molar-refractivity contribution in [1.82, 2.24) is 0 Å². The lowest BCUT2D eigenvalue weighted by Gasteiger charge is -2.31. The van der Waals surface area contributed by atoms with Crippen LogP contribution >= 0.6 is 0 Å². The fourth-order valence-electron chi connectivity index (χ4n) is 0.681. The van der Waals surface area contributed by atoms with Gasteiger partial charge < -0.3 is 26.2 Å². The molecule has 0 N–H and O–H groups in total. The summed E-state index contributed by atoms with van der Waals surface area (Å²) in [5.41, 5.74) is 0. The van der Waals surface area contributed by atoms with Crippen LogP contribution in [0.1, 0.15) is 0 Å². The molecule has 14 heavy (non-hydrogen) atoms. The van der Waals surface area contributed by atoms with Gasteiger partial charge in [-0.05, 0) is 0 Å². The average molecular weight is 238 g/mol. The zero-order valence-corrected chi connectivity index (χ0v) is 11.0. The maximum Gasteiger partial charge on any atom is 0.655 e. The highest BCUT2D eigenvalue weighted by Crippen LogP contribution is 2.17. The Bertz CT molecular complexity index is 154. The highest BCUT2D eigenvalue weighted by atomic mass is 28.5. The van der Waals surface area contributed by atoms with E-state index in [9.17, 15) is 0 Å². The molecule has 0 spiro atoms. The minimum atomic E-state index is -3.31. The molecule has 0 bridgehead atoms. The molecule has 6 nitrogen and oxygen atoms in total. The van der Waals surface area contributed by atoms with Crippen molar-refractivity contribution < 1.29 is 26.2 Å². The molecule has 0 amide bonds. The predicted octanol–water partition coefficient (Wildman–Crippen LogP) is -0.307. The quantitative estimate of drug-likeness (QED) is 0.567. The van der Waals surface area contributed by atoms with Crippen molar-refractivity contribution in [3.8, 4) is 0 Å². The van der Waals surface area contributed by atoms with E-state index in [0.717, 1.165) is 0 Å². The van der Waals surface area contributed by atoms with Crippen LogP contribution < -0.4 is 0 Å². The van der Waals surface area contributed by atoms with Crippen LogP contribution in [-0.2, 0) is 26.2 Å². The van der Waals surface area contributed by atoms with E-state index in [0.29, 0.717) is 0 Å². The van der Waals surface area contributed by atoms with E-state index in [4.69, 9.17) is 29.9 Å². The Morgan fingerprint density at radius 2 is 1.29 bits per heavy atom. The molecule has 2 radical (unpaired) electrons. The van der Waals surface area contributed by atoms with Crippen molar-refractivity contribution in [3.63, 3.8) is 0 Å². The Balaban J connectivity index is 4.56. The Morgan fingerprint density at radius 1 is 0.857 bits per heavy atom. The maximum absolute atomic E-state index is 5.41. The molecule has 0 fully saturated rings. The molecule has 9 heteroatoms. The Morgan fingerprint density at radius 3 is 1.50 bits per heavy atom. The van der Waals surface area contributed by atoms with Crippen molar-refractivity contribution in [2.24, 2.45) is 0 Å². The monoisotopic (exact) mass is 238 g/mol. The highest BCUT2D eigenvalue weighted by molar-refractivity contribution is 6.72. The van der Waals surface area contributed by atoms with E-state index in [1.165, 1.54) is 28.4 Å². The first-order valence-corrected chi connectivity index (χ1v) is 7.66. The van der Waals surface area contributed by atoms with Gasteiger partial charge in [-0.3, -0.25) is 0 Å². The number of rotatable bonds is 7. The smallest absolute Gasteiger partial charge is 0.424 e. The van der Waals surface area contributed by atoms with Gasteiger partial charge in [-0.2, -0.15) is 0 Å². The summed E-state index contributed by atoms with van der Waals surface area (Å²) in [5, 5.41) is 0. The van der Waals surface area contributed by atoms with Gasteiger partial charge in [-0.1, -0.05) is 0 Å². The molecule has 0 aliphatic rings. The van der Waals surface area contributed by atoms with Crippen LogP contribution in [0.5, 0.6) is 0 Å². The van der Waals surface area contributed by atoms with Crippen molar-refractivity contribution in [2.75, 3.05) is 28.4 Å². The fourth-order valence-corrected chi connectivity index (χ4v) is 4.55. The molecule has 82 valence electrons. The van der Waals surface area contributed by atoms with Crippen molar-refractivity contribution in [3.05, 3.63) is 0 Å². The van der Waals surface area contributed by atoms with E-state index in [-0.39, 0.29) is 0 Å². The van der Waals surface area contributed by atoms with Gasteiger partial charge in [0.15, 0.2) is 0 Å². The van der Waals surface area contributed by atoms with E-state index >= 15 is 0 Å². The van der Waals surface area contributed by atoms with Gasteiger partial charge in [-0.15, -0.1) is 0 Å². The van der Waals surface area contributed by atoms with Gasteiger partial charge in [0.1, 0.15) is 0 Å². The third-order valence-corrected chi connectivity index (χ3v) is 6.95. The Labute approximate surface area is 87.7 Å². The fraction of sp³-hybridized carbons (Fsp3) is 1.00. The summed E-state index contributed by atoms with van der Waals surface area (Å²) in [6.45, 7) is 1.67. The van der Waals surface area contributed by atoms with Gasteiger partial charge >= 0.3 is 17.9 Å². The first-order chi connectivity index (χ1) is 6.51. The average Bonchev–Trinajstić information content (AvgIpc) is 2.26. The number of hydrogen-bond acceptors (Lipinski definition) is 6. The normalized spacial score (nSPS) is 13.2. The molecule has 0 unspecified atom stereocenters. The second-order valence-electron chi connectivity index (χ2n) is 2.40. The standard InChI is InChI=1S/C5H15BO6Si2/c1-7-13(5,8-2)12-14(9-3,10-4)11-6/h1-5H3. The van der Waals surface area contributed by atoms with E-state index in [1.807, 2.05) is 0 Å². The minimum Gasteiger partial charge on any atom is -0.424 e. The van der Waals surface area contributed by atoms with Gasteiger partial charge in [-0.25, -0.2) is 0 Å². The van der Waals surface area contributed by atoms with Crippen LogP contribution in [-0.4, -0.2) is 54.3 Å². The molecule has 0 aliphatic heterocycles. The molecule has 0 heterocycles. The second kappa shape index (κ2) is 5.98. The minimum absolute atomic E-state index is 1.38. The number of hydrogen-bond donors (Lipinski definition) is 0. The van der Waals surface area contributed by atoms with Crippen LogP contribution in [0.3, 0.4) is 0 Å². The van der Waals surface area contributed by atoms with Crippen LogP contribution in [0.4, 0.5) is 0 Å². The molecule has 0 rings (SSSR count). The second-order valence-corrected chi connectivity index (χ2v) is 7.81. The summed E-state index contributed by atoms with van der Waals surface area (Å²) >= 11 is 0. The molecule has 0 atom stereocenters. The van der Waals surface area contributed by atoms with Crippen LogP contribution in [0.25, 0.3) is 0 Å². The van der Waals surface area contributed by atoms with Crippen LogP contribution in [0.2, 0.25) is 6.55 Å². The molecule has 0 aromatic rings. The molecule has 0 aromatic carbocycles. The summed E-state index contributed by atoms with van der Waals surface area (Å²) in [4.78, 5) is 0. The van der Waals surface area contributed by atoms with Gasteiger partial charge in [0.2, 0.25) is 0 Å². The van der Waals surface area contributed by atoms with E-state index in [2.05, 4.69) is 4.34 Å². The lowest BCUT2D eigenvalue weighted by atomic mass is 10.6. The third kappa shape index (κ3) is 3.44. The summed E-state index contributed by atoms with van der Waals surface area (Å²) in [6, 6.07) is 0. The topological polar surface area (TPSA) is 55.4 Å². The summed E-state index contributed by atoms with van der Waals surface area (Å²) < 4.78 is 30.1. The van der Waals surface area contributed by atoms with E-state index in [1.54, 1.807) is 6.55 Å². The van der Waals surface area contributed by atoms with E-state index < -0.39 is 17.9 Å². The SMILES string of the molecule is [B]O[Si](OC)(OC)O[Si](C)(OC)OC. The third-order valence-electron chi connectivity index (χ3n) is 1.70. The lowest BCUT2D eigenvalue weighted by molar-refractivity contribution is 0.0427. The summed E-state index contributed by atoms with van der Waals surface area (Å²) in [7, 11) is 4.64. The molecule has 0 aliphatic carbocycles. The largest absolute Gasteiger partial charge is 0.655 e. The Kier molecular flexibility index (Phi) is 6.09. The predicted molar refractivity (Wildman–Crippen MR) is 53.3 cm³/mol. The summed E-state index contributed by atoms with van der Waals surface area (Å²) in [6.07, 6.45) is 0. The maximum atomic E-state index is 5.41. The first-order valence-electron chi connectivity index (χ1n) is 3.80. The summed E-state index contributed by atoms with van der Waals surface area (Å²) in [5.74, 6) is 0. The lowest BCUT2D eigenvalue weighted by Crippen LogP contribution is -2.57. The zero-order valence-electron chi connectivity index (χ0n) is 9.03. The van der Waals surface area contributed by atoms with Crippen LogP contribution in [0, 0.1) is 0 Å². The molecule has 0 saturated carbocycles. The first kappa shape index (κ1) is 14.3. The molecule has 0 saturated heterocycles. The van der Waals surface area contributed by atoms with Crippen molar-refractivity contribution in [1.29, 1.82) is 0 Å². The highest BCUT2D eigenvalue weighted by Gasteiger charge is 2.51. The van der Waals surface area contributed by atoms with Crippen molar-refractivity contribution >= 4 is 25.9 Å². The van der Waals surface area contributed by atoms with Gasteiger partial charge in [0.05, 0.1) is 0 Å². The van der Waals surface area contributed by atoms with Crippen molar-refractivity contribution in [2.45, 2.75) is 6.55 Å². The zero-order chi connectivity index (χ0) is 11.2. The van der Waals surface area contributed by atoms with Gasteiger partial charge in [0, 0.05) is 35.0 Å². The van der Waals surface area contributed by atoms with Crippen LogP contribution in [0.15, 0.2) is 0 Å². The Hall–Kier alpha value is 0.259. The van der Waals surface area contributed by atoms with Gasteiger partial charge in [0.25, 0.3) is 8.05 Å². The molecular weight excluding hydrogens is 223 g/mol. The molecular formula is C5H15BO6Si2. The molecule has 0 aromatic heterocycles.